The van der Waals surface area contributed by atoms with Gasteiger partial charge in [-0.1, -0.05) is 45.6 Å². The van der Waals surface area contributed by atoms with Crippen LogP contribution in [0.4, 0.5) is 0 Å². The molecule has 1 atom stereocenters. The minimum absolute atomic E-state index is 0.209. The summed E-state index contributed by atoms with van der Waals surface area (Å²) in [5.41, 5.74) is -0.174. The van der Waals surface area contributed by atoms with Crippen LogP contribution in [0.25, 0.3) is 0 Å². The lowest BCUT2D eigenvalue weighted by molar-refractivity contribution is -0.163. The Morgan fingerprint density at radius 3 is 1.77 bits per heavy atom. The summed E-state index contributed by atoms with van der Waals surface area (Å²) in [5.74, 6) is -2.51. The number of allylic oxidation sites excluding steroid dienone is 2. The van der Waals surface area contributed by atoms with E-state index in [9.17, 15) is 9.59 Å². The molecule has 0 saturated carbocycles. The summed E-state index contributed by atoms with van der Waals surface area (Å²) in [6, 6.07) is 0. The van der Waals surface area contributed by atoms with Gasteiger partial charge in [-0.05, 0) is 59.9 Å². The van der Waals surface area contributed by atoms with Crippen LogP contribution < -0.4 is 0 Å². The molecule has 0 aromatic heterocycles. The van der Waals surface area contributed by atoms with E-state index in [1.54, 1.807) is 13.8 Å². The topological polar surface area (TPSA) is 71.1 Å². The van der Waals surface area contributed by atoms with Crippen LogP contribution in [0.3, 0.4) is 0 Å². The van der Waals surface area contributed by atoms with Crippen LogP contribution in [0.15, 0.2) is 11.5 Å². The average Bonchev–Trinajstić information content (AvgIpc) is 2.90. The molecule has 6 nitrogen and oxygen atoms in total. The second-order valence-corrected chi connectivity index (χ2v) is 9.17. The summed E-state index contributed by atoms with van der Waals surface area (Å²) in [6.07, 6.45) is 7.46. The van der Waals surface area contributed by atoms with Crippen LogP contribution in [0, 0.1) is 11.8 Å². The highest BCUT2D eigenvalue weighted by Gasteiger charge is 2.54. The van der Waals surface area contributed by atoms with Crippen molar-refractivity contribution in [3.63, 3.8) is 0 Å². The van der Waals surface area contributed by atoms with Crippen LogP contribution in [0.5, 0.6) is 0 Å². The van der Waals surface area contributed by atoms with Gasteiger partial charge in [-0.3, -0.25) is 9.59 Å². The monoisotopic (exact) mass is 438 g/mol. The maximum atomic E-state index is 12.9. The molecule has 31 heavy (non-hydrogen) atoms. The molecular formula is C24H43BO6. The van der Waals surface area contributed by atoms with Crippen molar-refractivity contribution in [1.29, 1.82) is 0 Å². The largest absolute Gasteiger partial charge is 0.490 e. The quantitative estimate of drug-likeness (QED) is 0.169. The fourth-order valence-corrected chi connectivity index (χ4v) is 3.71. The Balaban J connectivity index is 3.46. The van der Waals surface area contributed by atoms with Gasteiger partial charge in [0.1, 0.15) is 0 Å². The smallest absolute Gasteiger partial charge is 0.465 e. The highest BCUT2D eigenvalue weighted by molar-refractivity contribution is 6.55. The van der Waals surface area contributed by atoms with Gasteiger partial charge in [0.15, 0.2) is 5.92 Å². The minimum atomic E-state index is -1.03. The lowest BCUT2D eigenvalue weighted by Crippen LogP contribution is -2.41. The first-order valence-electron chi connectivity index (χ1n) is 11.9. The van der Waals surface area contributed by atoms with Crippen LogP contribution in [-0.4, -0.2) is 43.5 Å². The van der Waals surface area contributed by atoms with E-state index in [1.165, 1.54) is 0 Å². The Hall–Kier alpha value is -1.34. The van der Waals surface area contributed by atoms with E-state index >= 15 is 0 Å². The third-order valence-electron chi connectivity index (χ3n) is 6.24. The number of carbonyl (C=O) groups excluding carboxylic acids is 2. The third-order valence-corrected chi connectivity index (χ3v) is 6.24. The highest BCUT2D eigenvalue weighted by atomic mass is 16.7. The fraction of sp³-hybridized carbons (Fsp3) is 0.833. The lowest BCUT2D eigenvalue weighted by atomic mass is 9.64. The molecule has 0 aromatic carbocycles. The number of carbonyl (C=O) groups is 2. The SMILES string of the molecule is CCCC/C=C(\B1OC(C)(C)C(C)(C)O1)C(CCCC)C(C(=O)OCC)C(=O)OCC. The Morgan fingerprint density at radius 1 is 0.871 bits per heavy atom. The van der Waals surface area contributed by atoms with Gasteiger partial charge in [0.2, 0.25) is 0 Å². The molecule has 1 aliphatic heterocycles. The maximum Gasteiger partial charge on any atom is 0.490 e. The molecule has 0 radical (unpaired) electrons. The summed E-state index contributed by atoms with van der Waals surface area (Å²) in [7, 11) is -0.616. The summed E-state index contributed by atoms with van der Waals surface area (Å²) < 4.78 is 23.3. The van der Waals surface area contributed by atoms with E-state index in [0.29, 0.717) is 6.42 Å². The predicted molar refractivity (Wildman–Crippen MR) is 123 cm³/mol. The van der Waals surface area contributed by atoms with E-state index in [-0.39, 0.29) is 13.2 Å². The predicted octanol–water partition coefficient (Wildman–Crippen LogP) is 5.28. The van der Waals surface area contributed by atoms with Crippen LogP contribution >= 0.6 is 0 Å². The number of esters is 2. The van der Waals surface area contributed by atoms with Gasteiger partial charge in [-0.2, -0.15) is 0 Å². The van der Waals surface area contributed by atoms with Crippen LogP contribution in [0.2, 0.25) is 0 Å². The van der Waals surface area contributed by atoms with Crippen molar-refractivity contribution in [2.24, 2.45) is 11.8 Å². The molecule has 7 heteroatoms. The number of rotatable bonds is 13. The summed E-state index contributed by atoms with van der Waals surface area (Å²) in [5, 5.41) is 0. The molecule has 0 aliphatic carbocycles. The summed E-state index contributed by atoms with van der Waals surface area (Å²) in [6.45, 7) is 16.2. The van der Waals surface area contributed by atoms with Gasteiger partial charge >= 0.3 is 19.1 Å². The van der Waals surface area contributed by atoms with Gasteiger partial charge < -0.3 is 18.8 Å². The first kappa shape index (κ1) is 27.7. The third kappa shape index (κ3) is 7.35. The minimum Gasteiger partial charge on any atom is -0.465 e. The van der Waals surface area contributed by atoms with E-state index in [2.05, 4.69) is 19.9 Å². The molecule has 178 valence electrons. The second-order valence-electron chi connectivity index (χ2n) is 9.17. The van der Waals surface area contributed by atoms with Crippen molar-refractivity contribution in [3.05, 3.63) is 11.5 Å². The molecule has 1 unspecified atom stereocenters. The van der Waals surface area contributed by atoms with E-state index in [0.717, 1.165) is 37.6 Å². The van der Waals surface area contributed by atoms with Crippen molar-refractivity contribution in [2.75, 3.05) is 13.2 Å². The zero-order chi connectivity index (χ0) is 23.7. The van der Waals surface area contributed by atoms with Gasteiger partial charge in [0.05, 0.1) is 24.4 Å². The standard InChI is InChI=1S/C24H43BO6/c1-9-13-15-17-19(25-30-23(5,6)24(7,8)31-25)18(16-14-10-2)20(21(26)28-11-3)22(27)29-12-4/h17-18,20H,9-16H2,1-8H3/b19-17-. The van der Waals surface area contributed by atoms with E-state index in [4.69, 9.17) is 18.8 Å². The zero-order valence-corrected chi connectivity index (χ0v) is 20.9. The molecule has 0 amide bonds. The molecular weight excluding hydrogens is 395 g/mol. The Kier molecular flexibility index (Phi) is 11.3. The number of unbranched alkanes of at least 4 members (excludes halogenated alkanes) is 3. The normalized spacial score (nSPS) is 18.9. The molecule has 1 fully saturated rings. The average molecular weight is 438 g/mol. The number of ether oxygens (including phenoxy) is 2. The van der Waals surface area contributed by atoms with Gasteiger partial charge in [0.25, 0.3) is 0 Å². The number of hydrogen-bond donors (Lipinski definition) is 0. The molecule has 1 saturated heterocycles. The van der Waals surface area contributed by atoms with Gasteiger partial charge in [0, 0.05) is 5.92 Å². The second kappa shape index (κ2) is 12.6. The molecule has 0 spiro atoms. The Labute approximate surface area is 189 Å². The van der Waals surface area contributed by atoms with Crippen LogP contribution in [-0.2, 0) is 28.4 Å². The molecule has 0 aromatic rings. The van der Waals surface area contributed by atoms with Gasteiger partial charge in [-0.25, -0.2) is 0 Å². The van der Waals surface area contributed by atoms with E-state index in [1.807, 2.05) is 27.7 Å². The lowest BCUT2D eigenvalue weighted by Gasteiger charge is -2.32. The first-order valence-corrected chi connectivity index (χ1v) is 11.9. The molecule has 1 heterocycles. The Bertz CT molecular complexity index is 579. The van der Waals surface area contributed by atoms with Crippen molar-refractivity contribution in [1.82, 2.24) is 0 Å². The first-order chi connectivity index (χ1) is 14.6. The summed E-state index contributed by atoms with van der Waals surface area (Å²) >= 11 is 0. The molecule has 1 aliphatic rings. The molecule has 0 bridgehead atoms. The molecule has 0 N–H and O–H groups in total. The fourth-order valence-electron chi connectivity index (χ4n) is 3.71. The Morgan fingerprint density at radius 2 is 1.35 bits per heavy atom. The van der Waals surface area contributed by atoms with Crippen molar-refractivity contribution in [2.45, 2.75) is 105 Å². The van der Waals surface area contributed by atoms with Gasteiger partial charge in [-0.15, -0.1) is 0 Å². The number of hydrogen-bond acceptors (Lipinski definition) is 6. The molecule has 1 rings (SSSR count). The zero-order valence-electron chi connectivity index (χ0n) is 20.9. The van der Waals surface area contributed by atoms with Crippen molar-refractivity contribution in [3.8, 4) is 0 Å². The van der Waals surface area contributed by atoms with E-state index < -0.39 is 42.1 Å². The van der Waals surface area contributed by atoms with Crippen LogP contribution in [0.1, 0.15) is 93.9 Å². The van der Waals surface area contributed by atoms with Crippen molar-refractivity contribution >= 4 is 19.1 Å². The summed E-state index contributed by atoms with van der Waals surface area (Å²) in [4.78, 5) is 25.9. The highest BCUT2D eigenvalue weighted by Crippen LogP contribution is 2.42. The van der Waals surface area contributed by atoms with Crippen molar-refractivity contribution < 1.29 is 28.4 Å². The maximum absolute atomic E-state index is 12.9.